The number of hydrogen-bond acceptors (Lipinski definition) is 6. The number of nitrogens with zero attached hydrogens (tertiary/aromatic N) is 2. The van der Waals surface area contributed by atoms with E-state index in [4.69, 9.17) is 9.47 Å². The first-order chi connectivity index (χ1) is 14.7. The lowest BCUT2D eigenvalue weighted by atomic mass is 9.77. The number of nitrogens with one attached hydrogen (secondary N) is 1. The molecule has 0 aromatic carbocycles. The summed E-state index contributed by atoms with van der Waals surface area (Å²) in [6.07, 6.45) is 0.947. The van der Waals surface area contributed by atoms with Gasteiger partial charge in [-0.3, -0.25) is 9.59 Å². The van der Waals surface area contributed by atoms with Crippen molar-refractivity contribution in [2.45, 2.75) is 52.7 Å². The molecule has 0 saturated carbocycles. The molecule has 1 N–H and O–H groups in total. The second-order valence-corrected chi connectivity index (χ2v) is 10.2. The average Bonchev–Trinajstić information content (AvgIpc) is 2.70. The number of rotatable bonds is 16. The molecule has 0 spiro atoms. The molecule has 0 aliphatic carbocycles. The molecule has 0 saturated heterocycles. The molecule has 0 aromatic heterocycles. The summed E-state index contributed by atoms with van der Waals surface area (Å²) in [7, 11) is 10.9. The molecule has 0 aliphatic heterocycles. The molecule has 0 bridgehead atoms. The lowest BCUT2D eigenvalue weighted by Gasteiger charge is -2.33. The van der Waals surface area contributed by atoms with E-state index in [2.05, 4.69) is 26.5 Å². The van der Waals surface area contributed by atoms with E-state index in [-0.39, 0.29) is 31.2 Å². The van der Waals surface area contributed by atoms with Crippen LogP contribution in [0.1, 0.15) is 46.5 Å². The van der Waals surface area contributed by atoms with Crippen molar-refractivity contribution in [3.63, 3.8) is 0 Å². The van der Waals surface area contributed by atoms with Crippen molar-refractivity contribution in [3.05, 3.63) is 0 Å². The fourth-order valence-electron chi connectivity index (χ4n) is 3.62. The third kappa shape index (κ3) is 11.2. The van der Waals surface area contributed by atoms with Gasteiger partial charge in [-0.25, -0.2) is 0 Å². The molecule has 0 fully saturated rings. The van der Waals surface area contributed by atoms with Gasteiger partial charge < -0.3 is 34.1 Å². The Kier molecular flexibility index (Phi) is 13.0. The van der Waals surface area contributed by atoms with Crippen LogP contribution in [-0.4, -0.2) is 95.5 Å². The van der Waals surface area contributed by atoms with E-state index in [9.17, 15) is 19.5 Å². The van der Waals surface area contributed by atoms with Crippen LogP contribution in [0.15, 0.2) is 0 Å². The van der Waals surface area contributed by atoms with Crippen LogP contribution in [0, 0.1) is 17.3 Å². The molecule has 0 heterocycles. The summed E-state index contributed by atoms with van der Waals surface area (Å²) in [6, 6.07) is 0. The Morgan fingerprint density at radius 1 is 1.09 bits per heavy atom. The van der Waals surface area contributed by atoms with Gasteiger partial charge in [0.25, 0.3) is 0 Å². The molecule has 0 rings (SSSR count). The maximum Gasteiger partial charge on any atom is 0.225 e. The number of ether oxygens (including phenoxy) is 2. The predicted molar refractivity (Wildman–Crippen MR) is 121 cm³/mol. The molecule has 2 amide bonds. The van der Waals surface area contributed by atoms with Gasteiger partial charge in [-0.1, -0.05) is 20.8 Å². The number of carbonyl (C=O) groups excluding carboxylic acids is 3. The first-order valence-electron chi connectivity index (χ1n) is 11.3. The minimum Gasteiger partial charge on any atom is -0.550 e. The van der Waals surface area contributed by atoms with E-state index >= 15 is 0 Å². The molecule has 9 nitrogen and oxygen atoms in total. The number of hydrogen-bond donors (Lipinski definition) is 1. The second kappa shape index (κ2) is 13.7. The number of methoxy groups -OCH3 is 2. The lowest BCUT2D eigenvalue weighted by molar-refractivity contribution is -0.870. The maximum absolute atomic E-state index is 13.2. The average molecular weight is 460 g/mol. The van der Waals surface area contributed by atoms with Gasteiger partial charge >= 0.3 is 0 Å². The van der Waals surface area contributed by atoms with Gasteiger partial charge in [0.05, 0.1) is 34.2 Å². The van der Waals surface area contributed by atoms with Gasteiger partial charge in [0.15, 0.2) is 6.29 Å². The summed E-state index contributed by atoms with van der Waals surface area (Å²) in [5.74, 6) is -2.98. The zero-order valence-corrected chi connectivity index (χ0v) is 21.5. The summed E-state index contributed by atoms with van der Waals surface area (Å²) in [4.78, 5) is 39.1. The highest BCUT2D eigenvalue weighted by Gasteiger charge is 2.36. The summed E-state index contributed by atoms with van der Waals surface area (Å²) >= 11 is 0. The molecule has 0 radical (unpaired) electrons. The highest BCUT2D eigenvalue weighted by molar-refractivity contribution is 5.84. The van der Waals surface area contributed by atoms with Crippen LogP contribution >= 0.6 is 0 Å². The number of quaternary nitrogens is 1. The van der Waals surface area contributed by atoms with Crippen LogP contribution < -0.4 is 10.4 Å². The van der Waals surface area contributed by atoms with E-state index in [1.807, 2.05) is 0 Å². The van der Waals surface area contributed by atoms with Crippen molar-refractivity contribution in [2.75, 3.05) is 62.0 Å². The largest absolute Gasteiger partial charge is 0.550 e. The summed E-state index contributed by atoms with van der Waals surface area (Å²) in [6.45, 7) is 7.00. The molecule has 188 valence electrons. The van der Waals surface area contributed by atoms with E-state index in [0.29, 0.717) is 13.0 Å². The molecule has 0 aliphatic rings. The number of likely N-dealkylation sites (N-methyl/N-ethyl adjacent to an activating group) is 1. The first-order valence-corrected chi connectivity index (χ1v) is 11.3. The van der Waals surface area contributed by atoms with Gasteiger partial charge in [-0.05, 0) is 25.2 Å². The number of carbonyl (C=O) groups is 3. The second-order valence-electron chi connectivity index (χ2n) is 10.2. The normalized spacial score (nSPS) is 14.2. The van der Waals surface area contributed by atoms with E-state index < -0.39 is 29.5 Å². The standard InChI is InChI=1S/C23H45N3O6/c1-10-17(21(28)29)14-18(20(27)25(4)16-19(31-8)32-9)15-23(2,3)22(30)24-12-11-13-26(5,6)7/h17-19H,10-16H2,1-9H3,(H-,24,28,29,30). The Bertz CT molecular complexity index is 599. The van der Waals surface area contributed by atoms with E-state index in [0.717, 1.165) is 17.4 Å². The number of carboxylic acid groups (broad SMARTS) is 1. The van der Waals surface area contributed by atoms with Crippen LogP contribution in [-0.2, 0) is 23.9 Å². The lowest BCUT2D eigenvalue weighted by Crippen LogP contribution is -2.45. The van der Waals surface area contributed by atoms with Crippen LogP contribution in [0.4, 0.5) is 0 Å². The van der Waals surface area contributed by atoms with Crippen molar-refractivity contribution in [3.8, 4) is 0 Å². The van der Waals surface area contributed by atoms with E-state index in [1.54, 1.807) is 27.8 Å². The minimum absolute atomic E-state index is 0.116. The number of carboxylic acids is 1. The summed E-state index contributed by atoms with van der Waals surface area (Å²) in [5.41, 5.74) is -0.843. The minimum atomic E-state index is -1.18. The zero-order chi connectivity index (χ0) is 25.1. The molecule has 9 heteroatoms. The molecule has 2 unspecified atom stereocenters. The smallest absolute Gasteiger partial charge is 0.225 e. The van der Waals surface area contributed by atoms with Crippen LogP contribution in [0.2, 0.25) is 0 Å². The molecule has 0 aromatic rings. The maximum atomic E-state index is 13.2. The monoisotopic (exact) mass is 459 g/mol. The first kappa shape index (κ1) is 30.3. The summed E-state index contributed by atoms with van der Waals surface area (Å²) in [5, 5.41) is 14.5. The molecular weight excluding hydrogens is 414 g/mol. The van der Waals surface area contributed by atoms with Gasteiger partial charge in [0, 0.05) is 51.5 Å². The Balaban J connectivity index is 5.37. The highest BCUT2D eigenvalue weighted by atomic mass is 16.7. The van der Waals surface area contributed by atoms with Crippen LogP contribution in [0.3, 0.4) is 0 Å². The van der Waals surface area contributed by atoms with Crippen molar-refractivity contribution in [1.29, 1.82) is 0 Å². The van der Waals surface area contributed by atoms with E-state index in [1.165, 1.54) is 19.1 Å². The van der Waals surface area contributed by atoms with Crippen LogP contribution in [0.25, 0.3) is 0 Å². The topological polar surface area (TPSA) is 108 Å². The van der Waals surface area contributed by atoms with Gasteiger partial charge in [-0.15, -0.1) is 0 Å². The highest BCUT2D eigenvalue weighted by Crippen LogP contribution is 2.31. The van der Waals surface area contributed by atoms with Gasteiger partial charge in [0.1, 0.15) is 0 Å². The zero-order valence-electron chi connectivity index (χ0n) is 21.5. The Morgan fingerprint density at radius 2 is 1.66 bits per heavy atom. The van der Waals surface area contributed by atoms with Crippen LogP contribution in [0.5, 0.6) is 0 Å². The van der Waals surface area contributed by atoms with Crippen molar-refractivity contribution < 1.29 is 33.4 Å². The molecule has 32 heavy (non-hydrogen) atoms. The van der Waals surface area contributed by atoms with Crippen molar-refractivity contribution in [2.24, 2.45) is 17.3 Å². The quantitative estimate of drug-likeness (QED) is 0.204. The van der Waals surface area contributed by atoms with Gasteiger partial charge in [0.2, 0.25) is 11.8 Å². The third-order valence-electron chi connectivity index (χ3n) is 5.73. The molecule has 2 atom stereocenters. The van der Waals surface area contributed by atoms with Gasteiger partial charge in [-0.2, -0.15) is 0 Å². The SMILES string of the molecule is CCC(CC(CC(C)(C)C(=O)NCCC[N+](C)(C)C)C(=O)N(C)CC(OC)OC)C(=O)[O-]. The predicted octanol–water partition coefficient (Wildman–Crippen LogP) is 0.475. The Hall–Kier alpha value is -1.71. The van der Waals surface area contributed by atoms with Crippen molar-refractivity contribution in [1.82, 2.24) is 10.2 Å². The molecular formula is C23H45N3O6. The summed E-state index contributed by atoms with van der Waals surface area (Å²) < 4.78 is 11.2. The number of aliphatic carboxylic acids is 1. The fourth-order valence-corrected chi connectivity index (χ4v) is 3.62. The Labute approximate surface area is 194 Å². The number of amides is 2. The third-order valence-corrected chi connectivity index (χ3v) is 5.73. The Morgan fingerprint density at radius 3 is 2.09 bits per heavy atom. The van der Waals surface area contributed by atoms with Crippen molar-refractivity contribution >= 4 is 17.8 Å². The fraction of sp³-hybridized carbons (Fsp3) is 0.870.